The Hall–Kier alpha value is -1.87. The highest BCUT2D eigenvalue weighted by Gasteiger charge is 2.29. The van der Waals surface area contributed by atoms with E-state index < -0.39 is 7.60 Å². The van der Waals surface area contributed by atoms with Crippen molar-refractivity contribution in [2.24, 2.45) is 5.92 Å². The monoisotopic (exact) mass is 383 g/mol. The molecule has 25 heavy (non-hydrogen) atoms. The van der Waals surface area contributed by atoms with E-state index in [1.54, 1.807) is 4.57 Å². The number of fused-ring (bicyclic) bond motifs is 1. The van der Waals surface area contributed by atoms with Crippen LogP contribution in [0.25, 0.3) is 22.7 Å². The molecule has 0 amide bonds. The van der Waals surface area contributed by atoms with E-state index in [4.69, 9.17) is 10.2 Å². The van der Waals surface area contributed by atoms with Crippen molar-refractivity contribution in [2.45, 2.75) is 25.5 Å². The highest BCUT2D eigenvalue weighted by atomic mass is 32.2. The van der Waals surface area contributed by atoms with Crippen LogP contribution in [0.4, 0.5) is 5.82 Å². The van der Waals surface area contributed by atoms with E-state index in [0.717, 1.165) is 0 Å². The summed E-state index contributed by atoms with van der Waals surface area (Å²) >= 11 is 1.33. The molecule has 134 valence electrons. The Morgan fingerprint density at radius 3 is 2.68 bits per heavy atom. The van der Waals surface area contributed by atoms with Gasteiger partial charge in [-0.1, -0.05) is 25.6 Å². The number of aromatic nitrogens is 4. The van der Waals surface area contributed by atoms with E-state index in [1.165, 1.54) is 24.1 Å². The van der Waals surface area contributed by atoms with Gasteiger partial charge < -0.3 is 24.5 Å². The molecule has 3 heterocycles. The van der Waals surface area contributed by atoms with Gasteiger partial charge in [0.25, 0.3) is 0 Å². The molecule has 0 unspecified atom stereocenters. The molecule has 0 aliphatic carbocycles. The third-order valence-electron chi connectivity index (χ3n) is 3.50. The lowest BCUT2D eigenvalue weighted by atomic mass is 10.2. The van der Waals surface area contributed by atoms with Gasteiger partial charge in [-0.05, 0) is 18.2 Å². The van der Waals surface area contributed by atoms with Gasteiger partial charge in [-0.15, -0.1) is 0 Å². The van der Waals surface area contributed by atoms with Crippen molar-refractivity contribution in [1.82, 2.24) is 19.5 Å². The Kier molecular flexibility index (Phi) is 4.63. The van der Waals surface area contributed by atoms with Gasteiger partial charge in [0.15, 0.2) is 28.2 Å². The first kappa shape index (κ1) is 17.9. The van der Waals surface area contributed by atoms with E-state index in [9.17, 15) is 14.4 Å². The molecule has 0 aliphatic rings. The molecule has 0 spiro atoms. The molecule has 0 radical (unpaired) electrons. The smallest absolute Gasteiger partial charge is 0.360 e. The summed E-state index contributed by atoms with van der Waals surface area (Å²) in [4.78, 5) is 32.1. The van der Waals surface area contributed by atoms with Gasteiger partial charge in [0.2, 0.25) is 0 Å². The van der Waals surface area contributed by atoms with Crippen LogP contribution in [0.15, 0.2) is 21.9 Å². The lowest BCUT2D eigenvalue weighted by molar-refractivity contribution is 0.387. The molecule has 0 aromatic carbocycles. The van der Waals surface area contributed by atoms with Crippen molar-refractivity contribution in [2.75, 3.05) is 12.0 Å². The van der Waals surface area contributed by atoms with Crippen LogP contribution in [0.3, 0.4) is 0 Å². The number of nitrogens with zero attached hydrogens (tertiary/aromatic N) is 4. The number of thioether (sulfide) groups is 1. The molecule has 9 nitrogen and oxygen atoms in total. The first-order valence-electron chi connectivity index (χ1n) is 7.44. The van der Waals surface area contributed by atoms with Gasteiger partial charge in [0.05, 0.1) is 6.26 Å². The van der Waals surface area contributed by atoms with Gasteiger partial charge >= 0.3 is 7.60 Å². The number of nitrogen functional groups attached to an aromatic ring is 1. The minimum atomic E-state index is -4.52. The summed E-state index contributed by atoms with van der Waals surface area (Å²) in [6.45, 7) is 4.53. The van der Waals surface area contributed by atoms with E-state index in [0.29, 0.717) is 22.9 Å². The number of nitrogens with two attached hydrogens (primary N) is 1. The highest BCUT2D eigenvalue weighted by Crippen LogP contribution is 2.39. The standard InChI is InChI=1S/C14H18N5O4PS/c1-7(2)6-19-9-11(15)16-14(25-3)18-12(9)17-13(19)10-8(4-5-23-10)24(20,21)22/h4-5,7H,6H2,1-3H3,(H2,15,16,18)(H2,20,21,22). The van der Waals surface area contributed by atoms with Gasteiger partial charge in [-0.25, -0.2) is 15.0 Å². The average molecular weight is 383 g/mol. The molecule has 0 saturated heterocycles. The quantitative estimate of drug-likeness (QED) is 0.342. The van der Waals surface area contributed by atoms with Crippen molar-refractivity contribution in [3.05, 3.63) is 12.3 Å². The van der Waals surface area contributed by atoms with Crippen LogP contribution < -0.4 is 11.0 Å². The summed E-state index contributed by atoms with van der Waals surface area (Å²) in [7, 11) is -4.52. The number of hydrogen-bond acceptors (Lipinski definition) is 7. The maximum atomic E-state index is 11.7. The minimum Gasteiger partial charge on any atom is -0.460 e. The molecule has 4 N–H and O–H groups in total. The zero-order chi connectivity index (χ0) is 18.4. The summed E-state index contributed by atoms with van der Waals surface area (Å²) in [5.74, 6) is 0.769. The molecule has 0 fully saturated rings. The van der Waals surface area contributed by atoms with Crippen molar-refractivity contribution in [1.29, 1.82) is 0 Å². The molecular formula is C14H18N5O4PS. The van der Waals surface area contributed by atoms with Gasteiger partial charge in [-0.3, -0.25) is 4.57 Å². The predicted molar refractivity (Wildman–Crippen MR) is 95.7 cm³/mol. The van der Waals surface area contributed by atoms with Crippen LogP contribution >= 0.6 is 19.4 Å². The SMILES string of the molecule is CSc1nc(N)c2c(n1)nc(-c1occc1P(=O)(O)O)n2CC(C)C. The number of rotatable bonds is 5. The Bertz CT molecular complexity index is 977. The maximum absolute atomic E-state index is 11.7. The van der Waals surface area contributed by atoms with E-state index in [2.05, 4.69) is 15.0 Å². The lowest BCUT2D eigenvalue weighted by Gasteiger charge is -2.12. The Balaban J connectivity index is 2.33. The normalized spacial score (nSPS) is 12.4. The van der Waals surface area contributed by atoms with Crippen molar-refractivity contribution in [3.8, 4) is 11.6 Å². The minimum absolute atomic E-state index is 0.0112. The number of imidazole rings is 1. The van der Waals surface area contributed by atoms with Gasteiger partial charge in [0, 0.05) is 6.54 Å². The van der Waals surface area contributed by atoms with Crippen LogP contribution in [0.2, 0.25) is 0 Å². The highest BCUT2D eigenvalue weighted by molar-refractivity contribution is 7.98. The Labute approximate surface area is 147 Å². The molecule has 3 aromatic heterocycles. The van der Waals surface area contributed by atoms with Crippen molar-refractivity contribution in [3.63, 3.8) is 0 Å². The van der Waals surface area contributed by atoms with Crippen LogP contribution in [0.1, 0.15) is 13.8 Å². The first-order chi connectivity index (χ1) is 11.7. The summed E-state index contributed by atoms with van der Waals surface area (Å²) in [6, 6.07) is 1.25. The third-order valence-corrected chi connectivity index (χ3v) is 5.03. The number of furan rings is 1. The van der Waals surface area contributed by atoms with E-state index in [-0.39, 0.29) is 28.6 Å². The fourth-order valence-corrected chi connectivity index (χ4v) is 3.59. The van der Waals surface area contributed by atoms with Crippen LogP contribution in [-0.4, -0.2) is 35.6 Å². The molecule has 0 saturated carbocycles. The van der Waals surface area contributed by atoms with Crippen LogP contribution in [-0.2, 0) is 11.1 Å². The predicted octanol–water partition coefficient (Wildman–Crippen LogP) is 1.85. The molecule has 11 heteroatoms. The second kappa shape index (κ2) is 6.45. The lowest BCUT2D eigenvalue weighted by Crippen LogP contribution is -2.11. The summed E-state index contributed by atoms with van der Waals surface area (Å²) in [5.41, 5.74) is 6.97. The molecular weight excluding hydrogens is 365 g/mol. The number of anilines is 1. The van der Waals surface area contributed by atoms with Crippen LogP contribution in [0, 0.1) is 5.92 Å². The molecule has 3 aromatic rings. The van der Waals surface area contributed by atoms with E-state index >= 15 is 0 Å². The fourth-order valence-electron chi connectivity index (χ4n) is 2.55. The fraction of sp³-hybridized carbons (Fsp3) is 0.357. The third kappa shape index (κ3) is 3.30. The maximum Gasteiger partial charge on any atom is 0.360 e. The molecule has 0 atom stereocenters. The first-order valence-corrected chi connectivity index (χ1v) is 10.3. The number of hydrogen-bond donors (Lipinski definition) is 3. The largest absolute Gasteiger partial charge is 0.460 e. The summed E-state index contributed by atoms with van der Waals surface area (Å²) < 4.78 is 18.8. The zero-order valence-corrected chi connectivity index (χ0v) is 15.6. The Morgan fingerprint density at radius 1 is 1.36 bits per heavy atom. The zero-order valence-electron chi connectivity index (χ0n) is 13.9. The van der Waals surface area contributed by atoms with Gasteiger partial charge in [-0.2, -0.15) is 0 Å². The summed E-state index contributed by atoms with van der Waals surface area (Å²) in [6.07, 6.45) is 3.05. The summed E-state index contributed by atoms with van der Waals surface area (Å²) in [5, 5.41) is 0.254. The van der Waals surface area contributed by atoms with Crippen molar-refractivity contribution >= 4 is 41.6 Å². The molecule has 3 rings (SSSR count). The van der Waals surface area contributed by atoms with Crippen molar-refractivity contribution < 1.29 is 18.8 Å². The van der Waals surface area contributed by atoms with Gasteiger partial charge in [0.1, 0.15) is 10.8 Å². The van der Waals surface area contributed by atoms with Crippen LogP contribution in [0.5, 0.6) is 0 Å². The molecule has 0 bridgehead atoms. The second-order valence-corrected chi connectivity index (χ2v) is 8.23. The van der Waals surface area contributed by atoms with E-state index in [1.807, 2.05) is 20.1 Å². The molecule has 0 aliphatic heterocycles. The second-order valence-electron chi connectivity index (χ2n) is 5.89. The average Bonchev–Trinajstić information content (AvgIpc) is 3.11. The Morgan fingerprint density at radius 2 is 2.08 bits per heavy atom. The topological polar surface area (TPSA) is 140 Å².